The van der Waals surface area contributed by atoms with Crippen LogP contribution in [0.1, 0.15) is 22.4 Å². The number of amides is 1. The second-order valence-corrected chi connectivity index (χ2v) is 2.39. The van der Waals surface area contributed by atoms with Gasteiger partial charge in [0, 0.05) is 18.9 Å². The van der Waals surface area contributed by atoms with Crippen molar-refractivity contribution in [2.24, 2.45) is 5.73 Å². The predicted octanol–water partition coefficient (Wildman–Crippen LogP) is 0.795. The van der Waals surface area contributed by atoms with Crippen LogP contribution in [-0.2, 0) is 4.74 Å². The molecule has 13 heavy (non-hydrogen) atoms. The van der Waals surface area contributed by atoms with Crippen molar-refractivity contribution in [1.82, 2.24) is 4.98 Å². The molecule has 1 aromatic heterocycles. The molecule has 1 atom stereocenters. The van der Waals surface area contributed by atoms with E-state index in [9.17, 15) is 9.18 Å². The molecule has 2 N–H and O–H groups in total. The third kappa shape index (κ3) is 2.22. The molecule has 4 nitrogen and oxygen atoms in total. The number of nitrogens with zero attached hydrogens (tertiary/aromatic N) is 1. The van der Waals surface area contributed by atoms with Gasteiger partial charge < -0.3 is 10.5 Å². The number of nitrogens with two attached hydrogens (primary N) is 1. The van der Waals surface area contributed by atoms with E-state index in [2.05, 4.69) is 9.72 Å². The van der Waals surface area contributed by atoms with Gasteiger partial charge in [-0.25, -0.2) is 4.39 Å². The Labute approximate surface area is 74.5 Å². The average Bonchev–Trinajstić information content (AvgIpc) is 2.17. The first-order chi connectivity index (χ1) is 6.15. The normalized spacial score (nSPS) is 12.5. The van der Waals surface area contributed by atoms with Crippen LogP contribution >= 0.6 is 0 Å². The maximum Gasteiger partial charge on any atom is 0.267 e. The van der Waals surface area contributed by atoms with Gasteiger partial charge in [-0.05, 0) is 12.1 Å². The first-order valence-corrected chi connectivity index (χ1v) is 3.57. The van der Waals surface area contributed by atoms with Gasteiger partial charge in [-0.3, -0.25) is 9.78 Å². The van der Waals surface area contributed by atoms with Gasteiger partial charge in [0.25, 0.3) is 5.91 Å². The zero-order valence-electron chi connectivity index (χ0n) is 7.03. The maximum absolute atomic E-state index is 12.8. The van der Waals surface area contributed by atoms with E-state index < -0.39 is 12.3 Å². The number of halogens is 1. The third-order valence-corrected chi connectivity index (χ3v) is 1.51. The number of aromatic nitrogens is 1. The summed E-state index contributed by atoms with van der Waals surface area (Å²) in [5.74, 6) is -0.639. The summed E-state index contributed by atoms with van der Waals surface area (Å²) < 4.78 is 17.2. The molecule has 0 radical (unpaired) electrons. The molecule has 0 aliphatic carbocycles. The van der Waals surface area contributed by atoms with E-state index in [1.807, 2.05) is 0 Å². The van der Waals surface area contributed by atoms with E-state index in [-0.39, 0.29) is 11.3 Å². The van der Waals surface area contributed by atoms with E-state index in [1.165, 1.54) is 25.4 Å². The molecule has 0 fully saturated rings. The highest BCUT2D eigenvalue weighted by Gasteiger charge is 2.09. The minimum absolute atomic E-state index is 0.104. The van der Waals surface area contributed by atoms with Gasteiger partial charge in [-0.2, -0.15) is 0 Å². The zero-order chi connectivity index (χ0) is 9.84. The van der Waals surface area contributed by atoms with Crippen LogP contribution in [-0.4, -0.2) is 18.0 Å². The molecule has 0 saturated heterocycles. The van der Waals surface area contributed by atoms with Crippen LogP contribution in [0.5, 0.6) is 0 Å². The van der Waals surface area contributed by atoms with E-state index in [1.54, 1.807) is 0 Å². The zero-order valence-corrected chi connectivity index (χ0v) is 7.03. The lowest BCUT2D eigenvalue weighted by Crippen LogP contribution is -2.13. The highest BCUT2D eigenvalue weighted by atomic mass is 19.1. The van der Waals surface area contributed by atoms with Crippen molar-refractivity contribution in [2.75, 3.05) is 7.11 Å². The van der Waals surface area contributed by atoms with Crippen molar-refractivity contribution in [3.63, 3.8) is 0 Å². The summed E-state index contributed by atoms with van der Waals surface area (Å²) in [6, 6.07) is 2.75. The molecule has 5 heteroatoms. The van der Waals surface area contributed by atoms with Crippen LogP contribution in [0.2, 0.25) is 0 Å². The third-order valence-electron chi connectivity index (χ3n) is 1.51. The van der Waals surface area contributed by atoms with E-state index in [0.29, 0.717) is 0 Å². The Balaban J connectivity index is 2.87. The number of ether oxygens (including phenoxy) is 1. The van der Waals surface area contributed by atoms with E-state index in [0.717, 1.165) is 0 Å². The minimum Gasteiger partial charge on any atom is -0.364 e. The second-order valence-electron chi connectivity index (χ2n) is 2.39. The molecule has 0 bridgehead atoms. The molecule has 0 aliphatic heterocycles. The van der Waals surface area contributed by atoms with Gasteiger partial charge in [0.2, 0.25) is 6.36 Å². The maximum atomic E-state index is 12.8. The SMILES string of the molecule is COC(F)c1ccc(C(N)=O)nc1. The summed E-state index contributed by atoms with van der Waals surface area (Å²) in [6.07, 6.45) is -0.303. The first kappa shape index (κ1) is 9.60. The average molecular weight is 184 g/mol. The molecular weight excluding hydrogens is 175 g/mol. The van der Waals surface area contributed by atoms with Crippen LogP contribution in [0.15, 0.2) is 18.3 Å². The van der Waals surface area contributed by atoms with E-state index in [4.69, 9.17) is 5.73 Å². The molecule has 1 aromatic rings. The predicted molar refractivity (Wildman–Crippen MR) is 43.6 cm³/mol. The lowest BCUT2D eigenvalue weighted by molar-refractivity contribution is -0.00688. The Bertz CT molecular complexity index is 300. The lowest BCUT2D eigenvalue weighted by atomic mass is 10.2. The van der Waals surface area contributed by atoms with Gasteiger partial charge in [0.05, 0.1) is 0 Å². The summed E-state index contributed by atoms with van der Waals surface area (Å²) in [4.78, 5) is 14.2. The Morgan fingerprint density at radius 1 is 1.69 bits per heavy atom. The summed E-state index contributed by atoms with van der Waals surface area (Å²) in [5, 5.41) is 0. The van der Waals surface area contributed by atoms with E-state index >= 15 is 0 Å². The molecule has 0 spiro atoms. The van der Waals surface area contributed by atoms with Crippen LogP contribution in [0.25, 0.3) is 0 Å². The van der Waals surface area contributed by atoms with Crippen molar-refractivity contribution in [3.05, 3.63) is 29.6 Å². The Kier molecular flexibility index (Phi) is 2.92. The fourth-order valence-electron chi connectivity index (χ4n) is 0.821. The van der Waals surface area contributed by atoms with Crippen LogP contribution in [0, 0.1) is 0 Å². The summed E-state index contributed by atoms with van der Waals surface area (Å²) in [6.45, 7) is 0. The topological polar surface area (TPSA) is 65.2 Å². The Morgan fingerprint density at radius 3 is 2.77 bits per heavy atom. The molecule has 1 heterocycles. The number of methoxy groups -OCH3 is 1. The van der Waals surface area contributed by atoms with Crippen molar-refractivity contribution in [3.8, 4) is 0 Å². The molecule has 1 amide bonds. The van der Waals surface area contributed by atoms with Crippen LogP contribution < -0.4 is 5.73 Å². The monoisotopic (exact) mass is 184 g/mol. The molecule has 70 valence electrons. The molecule has 0 saturated carbocycles. The summed E-state index contributed by atoms with van der Waals surface area (Å²) >= 11 is 0. The van der Waals surface area contributed by atoms with Gasteiger partial charge in [-0.15, -0.1) is 0 Å². The highest BCUT2D eigenvalue weighted by molar-refractivity contribution is 5.90. The number of alkyl halides is 1. The number of pyridine rings is 1. The number of hydrogen-bond acceptors (Lipinski definition) is 3. The molecule has 1 unspecified atom stereocenters. The molecule has 0 aliphatic rings. The minimum atomic E-state index is -1.52. The summed E-state index contributed by atoms with van der Waals surface area (Å²) in [5.41, 5.74) is 5.31. The van der Waals surface area contributed by atoms with Crippen molar-refractivity contribution in [1.29, 1.82) is 0 Å². The van der Waals surface area contributed by atoms with Gasteiger partial charge in [-0.1, -0.05) is 0 Å². The van der Waals surface area contributed by atoms with Crippen molar-refractivity contribution < 1.29 is 13.9 Å². The van der Waals surface area contributed by atoms with Gasteiger partial charge in [0.15, 0.2) is 0 Å². The van der Waals surface area contributed by atoms with Crippen molar-refractivity contribution >= 4 is 5.91 Å². The second kappa shape index (κ2) is 3.95. The number of carbonyl (C=O) groups excluding carboxylic acids is 1. The number of rotatable bonds is 3. The standard InChI is InChI=1S/C8H9FN2O2/c1-13-7(9)5-2-3-6(8(10)12)11-4-5/h2-4,7H,1H3,(H2,10,12). The molecule has 1 rings (SSSR count). The first-order valence-electron chi connectivity index (χ1n) is 3.57. The highest BCUT2D eigenvalue weighted by Crippen LogP contribution is 2.16. The number of hydrogen-bond donors (Lipinski definition) is 1. The van der Waals surface area contributed by atoms with Crippen molar-refractivity contribution in [2.45, 2.75) is 6.36 Å². The lowest BCUT2D eigenvalue weighted by Gasteiger charge is -2.04. The molecular formula is C8H9FN2O2. The van der Waals surface area contributed by atoms with Gasteiger partial charge >= 0.3 is 0 Å². The van der Waals surface area contributed by atoms with Gasteiger partial charge in [0.1, 0.15) is 5.69 Å². The fraction of sp³-hybridized carbons (Fsp3) is 0.250. The number of carbonyl (C=O) groups is 1. The molecule has 0 aromatic carbocycles. The smallest absolute Gasteiger partial charge is 0.267 e. The summed E-state index contributed by atoms with van der Waals surface area (Å²) in [7, 11) is 1.24. The number of primary amides is 1. The largest absolute Gasteiger partial charge is 0.364 e. The fourth-order valence-corrected chi connectivity index (χ4v) is 0.821. The Hall–Kier alpha value is -1.49. The van der Waals surface area contributed by atoms with Crippen LogP contribution in [0.4, 0.5) is 4.39 Å². The van der Waals surface area contributed by atoms with Crippen LogP contribution in [0.3, 0.4) is 0 Å². The quantitative estimate of drug-likeness (QED) is 0.755. The Morgan fingerprint density at radius 2 is 2.38 bits per heavy atom.